The molecule has 1 aliphatic carbocycles. The van der Waals surface area contributed by atoms with Gasteiger partial charge in [-0.2, -0.15) is 0 Å². The van der Waals surface area contributed by atoms with E-state index in [0.29, 0.717) is 0 Å². The Balaban J connectivity index is 1.76. The van der Waals surface area contributed by atoms with Crippen molar-refractivity contribution in [2.24, 2.45) is 0 Å². The maximum absolute atomic E-state index is 12.8. The maximum atomic E-state index is 12.8. The summed E-state index contributed by atoms with van der Waals surface area (Å²) in [5.41, 5.74) is 3.73. The standard InChI is InChI=1S/C15H11O.C7H7.O.Sn/c1-2-15(16)13-9-5-3-7-11(13)12-8-4-6-10-14(12)15;1-7-5-3-2-4-6-7;;/h1-10,16H;3-6H,1H3;;. The Morgan fingerprint density at radius 3 is 1.92 bits per heavy atom. The molecule has 3 aromatic carbocycles. The van der Waals surface area contributed by atoms with Crippen LogP contribution < -0.4 is 3.58 Å². The third kappa shape index (κ3) is 2.79. The number of rotatable bonds is 3. The third-order valence-electron chi connectivity index (χ3n) is 4.78. The molecule has 0 unspecified atom stereocenters. The van der Waals surface area contributed by atoms with E-state index in [2.05, 4.69) is 0 Å². The molecule has 1 N–H and O–H groups in total. The van der Waals surface area contributed by atoms with Crippen LogP contribution in [0, 0.1) is 6.92 Å². The van der Waals surface area contributed by atoms with Crippen LogP contribution in [-0.2, 0) is 8.68 Å². The van der Waals surface area contributed by atoms with Crippen molar-refractivity contribution in [2.75, 3.05) is 0 Å². The van der Waals surface area contributed by atoms with E-state index in [1.807, 2.05) is 79.7 Å². The van der Waals surface area contributed by atoms with Gasteiger partial charge in [-0.05, 0) is 0 Å². The van der Waals surface area contributed by atoms with Crippen molar-refractivity contribution in [1.29, 1.82) is 0 Å². The molecule has 0 radical (unpaired) electrons. The Bertz CT molecular complexity index is 941. The van der Waals surface area contributed by atoms with Gasteiger partial charge in [-0.1, -0.05) is 0 Å². The summed E-state index contributed by atoms with van der Waals surface area (Å²) >= 11 is -3.12. The molecule has 0 spiro atoms. The van der Waals surface area contributed by atoms with Crippen LogP contribution in [0.2, 0.25) is 0 Å². The van der Waals surface area contributed by atoms with Crippen LogP contribution in [0.3, 0.4) is 0 Å². The van der Waals surface area contributed by atoms with Crippen LogP contribution in [0.5, 0.6) is 0 Å². The van der Waals surface area contributed by atoms with Gasteiger partial charge in [0.15, 0.2) is 0 Å². The molecule has 0 saturated heterocycles. The third-order valence-corrected chi connectivity index (χ3v) is 8.69. The molecule has 3 heteroatoms. The summed E-state index contributed by atoms with van der Waals surface area (Å²) in [5, 5.41) is 11.4. The van der Waals surface area contributed by atoms with E-state index in [1.165, 1.54) is 0 Å². The van der Waals surface area contributed by atoms with Crippen LogP contribution >= 0.6 is 0 Å². The second-order valence-corrected chi connectivity index (χ2v) is 11.1. The van der Waals surface area contributed by atoms with E-state index in [-0.39, 0.29) is 0 Å². The minimum atomic E-state index is -3.12. The fourth-order valence-corrected chi connectivity index (χ4v) is 6.52. The first-order chi connectivity index (χ1) is 12.1. The zero-order chi connectivity index (χ0) is 17.4. The van der Waals surface area contributed by atoms with Crippen LogP contribution in [0.15, 0.2) is 83.0 Å². The van der Waals surface area contributed by atoms with E-state index in [1.54, 1.807) is 10.2 Å². The summed E-state index contributed by atoms with van der Waals surface area (Å²) in [5.74, 6) is 0. The zero-order valence-electron chi connectivity index (χ0n) is 13.9. The fourth-order valence-electron chi connectivity index (χ4n) is 3.44. The monoisotopic (exact) mass is 434 g/mol. The molecule has 0 aliphatic heterocycles. The summed E-state index contributed by atoms with van der Waals surface area (Å²) in [7, 11) is 0. The molecule has 3 aromatic rings. The molecular weight excluding hydrogens is 415 g/mol. The van der Waals surface area contributed by atoms with Crippen molar-refractivity contribution in [2.45, 2.75) is 12.5 Å². The van der Waals surface area contributed by atoms with E-state index < -0.39 is 25.3 Å². The van der Waals surface area contributed by atoms with Gasteiger partial charge in [-0.3, -0.25) is 0 Å². The number of hydrogen-bond donors (Lipinski definition) is 1. The van der Waals surface area contributed by atoms with Crippen LogP contribution in [0.1, 0.15) is 16.7 Å². The van der Waals surface area contributed by atoms with Crippen molar-refractivity contribution >= 4 is 23.3 Å². The summed E-state index contributed by atoms with van der Waals surface area (Å²) in [6.07, 6.45) is 1.74. The molecule has 4 rings (SSSR count). The summed E-state index contributed by atoms with van der Waals surface area (Å²) in [6, 6.07) is 23.6. The second kappa shape index (κ2) is 6.36. The van der Waals surface area contributed by atoms with E-state index in [4.69, 9.17) is 0 Å². The van der Waals surface area contributed by atoms with Gasteiger partial charge in [-0.15, -0.1) is 0 Å². The zero-order valence-corrected chi connectivity index (χ0v) is 16.8. The number of benzene rings is 3. The number of fused-ring (bicyclic) bond motifs is 3. The molecule has 0 aromatic heterocycles. The minimum absolute atomic E-state index is 0.854. The van der Waals surface area contributed by atoms with Gasteiger partial charge < -0.3 is 0 Å². The van der Waals surface area contributed by atoms with Crippen LogP contribution in [0.4, 0.5) is 0 Å². The average Bonchev–Trinajstić information content (AvgIpc) is 2.91. The van der Waals surface area contributed by atoms with Crippen molar-refractivity contribution in [3.8, 4) is 11.1 Å². The van der Waals surface area contributed by atoms with Crippen LogP contribution in [0.25, 0.3) is 11.1 Å². The van der Waals surface area contributed by atoms with Crippen LogP contribution in [-0.4, -0.2) is 24.9 Å². The van der Waals surface area contributed by atoms with Gasteiger partial charge in [0.05, 0.1) is 0 Å². The van der Waals surface area contributed by atoms with Gasteiger partial charge in [0.2, 0.25) is 0 Å². The summed E-state index contributed by atoms with van der Waals surface area (Å²) < 4.78 is 15.4. The van der Waals surface area contributed by atoms with Gasteiger partial charge in [0, 0.05) is 0 Å². The Morgan fingerprint density at radius 1 is 0.840 bits per heavy atom. The Hall–Kier alpha value is -2.04. The molecule has 0 saturated carbocycles. The number of aryl methyl sites for hydroxylation is 1. The number of aliphatic hydroxyl groups is 1. The first-order valence-corrected chi connectivity index (χ1v) is 12.6. The second-order valence-electron chi connectivity index (χ2n) is 6.42. The normalized spacial score (nSPS) is 14.3. The van der Waals surface area contributed by atoms with Crippen molar-refractivity contribution in [3.05, 3.63) is 99.7 Å². The van der Waals surface area contributed by atoms with Crippen molar-refractivity contribution < 1.29 is 8.18 Å². The molecule has 0 heterocycles. The molecular formula is C22H18O2Sn. The van der Waals surface area contributed by atoms with Gasteiger partial charge >= 0.3 is 155 Å². The number of hydrogen-bond acceptors (Lipinski definition) is 2. The molecule has 0 fully saturated rings. The Labute approximate surface area is 154 Å². The van der Waals surface area contributed by atoms with Gasteiger partial charge in [-0.25, -0.2) is 0 Å². The molecule has 122 valence electrons. The van der Waals surface area contributed by atoms with Gasteiger partial charge in [0.1, 0.15) is 0 Å². The first kappa shape index (κ1) is 16.4. The van der Waals surface area contributed by atoms with E-state index in [9.17, 15) is 8.18 Å². The first-order valence-electron chi connectivity index (χ1n) is 8.31. The predicted molar refractivity (Wildman–Crippen MR) is 101 cm³/mol. The average molecular weight is 433 g/mol. The predicted octanol–water partition coefficient (Wildman–Crippen LogP) is 3.64. The topological polar surface area (TPSA) is 37.3 Å². The molecule has 25 heavy (non-hydrogen) atoms. The van der Waals surface area contributed by atoms with Gasteiger partial charge in [0.25, 0.3) is 0 Å². The molecule has 1 aliphatic rings. The molecule has 0 amide bonds. The summed E-state index contributed by atoms with van der Waals surface area (Å²) in [4.78, 5) is 0. The molecule has 0 atom stereocenters. The fraction of sp³-hybridized carbons (Fsp3) is 0.0909. The van der Waals surface area contributed by atoms with E-state index in [0.717, 1.165) is 31.4 Å². The molecule has 0 bridgehead atoms. The Morgan fingerprint density at radius 2 is 1.36 bits per heavy atom. The quantitative estimate of drug-likeness (QED) is 0.641. The van der Waals surface area contributed by atoms with Crippen molar-refractivity contribution in [1.82, 2.24) is 0 Å². The van der Waals surface area contributed by atoms with E-state index >= 15 is 0 Å². The van der Waals surface area contributed by atoms with Crippen molar-refractivity contribution in [3.63, 3.8) is 0 Å². The summed E-state index contributed by atoms with van der Waals surface area (Å²) in [6.45, 7) is 2.02. The SMILES string of the molecule is Cc1cc[c]([Sn](=[O])/[CH]=C/C2(O)c3ccccc3-c3ccccc32)cc1. The molecule has 2 nitrogen and oxygen atoms in total. The Kier molecular flexibility index (Phi) is 4.18.